The summed E-state index contributed by atoms with van der Waals surface area (Å²) in [4.78, 5) is 15.3. The topological polar surface area (TPSA) is 50.8 Å². The lowest BCUT2D eigenvalue weighted by Crippen LogP contribution is -2.52. The second kappa shape index (κ2) is 7.75. The molecule has 0 saturated carbocycles. The maximum absolute atomic E-state index is 12.2. The van der Waals surface area contributed by atoms with E-state index >= 15 is 0 Å². The highest BCUT2D eigenvalue weighted by molar-refractivity contribution is 7.17. The van der Waals surface area contributed by atoms with Crippen LogP contribution in [0.25, 0.3) is 0 Å². The number of nitrogens with one attached hydrogen (secondary N) is 1. The predicted octanol–water partition coefficient (Wildman–Crippen LogP) is 1.87. The molecule has 1 aromatic heterocycles. The van der Waals surface area contributed by atoms with E-state index in [0.29, 0.717) is 27.7 Å². The third-order valence-corrected chi connectivity index (χ3v) is 5.52. The first-order valence-electron chi connectivity index (χ1n) is 7.67. The van der Waals surface area contributed by atoms with Gasteiger partial charge in [0.15, 0.2) is 0 Å². The standard InChI is InChI=1S/C15H21ClN2O3S/c16-14-2-1-13(22-14)15(19)17-9-12(11-3-6-21-10-11)18-4-7-20-8-5-18/h1-2,11-12H,3-10H2,(H,17,19)/t11-,12-/m0/s1. The summed E-state index contributed by atoms with van der Waals surface area (Å²) in [6, 6.07) is 3.83. The van der Waals surface area contributed by atoms with E-state index in [1.165, 1.54) is 11.3 Å². The minimum Gasteiger partial charge on any atom is -0.381 e. The molecule has 2 aliphatic heterocycles. The Kier molecular flexibility index (Phi) is 5.71. The average molecular weight is 345 g/mol. The van der Waals surface area contributed by atoms with E-state index in [9.17, 15) is 4.79 Å². The van der Waals surface area contributed by atoms with Crippen LogP contribution in [0, 0.1) is 5.92 Å². The number of nitrogens with zero attached hydrogens (tertiary/aromatic N) is 1. The quantitative estimate of drug-likeness (QED) is 0.886. The van der Waals surface area contributed by atoms with Crippen molar-refractivity contribution in [1.29, 1.82) is 0 Å². The molecule has 2 atom stereocenters. The Bertz CT molecular complexity index is 499. The van der Waals surface area contributed by atoms with Crippen molar-refractivity contribution >= 4 is 28.8 Å². The Hall–Kier alpha value is -0.660. The number of rotatable bonds is 5. The van der Waals surface area contributed by atoms with Gasteiger partial charge in [0.05, 0.1) is 29.0 Å². The maximum atomic E-state index is 12.2. The fourth-order valence-electron chi connectivity index (χ4n) is 3.08. The highest BCUT2D eigenvalue weighted by Gasteiger charge is 2.31. The van der Waals surface area contributed by atoms with E-state index in [2.05, 4.69) is 10.2 Å². The molecule has 0 spiro atoms. The maximum Gasteiger partial charge on any atom is 0.261 e. The molecule has 22 heavy (non-hydrogen) atoms. The van der Waals surface area contributed by atoms with Crippen LogP contribution in [0.15, 0.2) is 12.1 Å². The number of carbonyl (C=O) groups is 1. The molecule has 122 valence electrons. The van der Waals surface area contributed by atoms with Gasteiger partial charge in [-0.1, -0.05) is 11.6 Å². The van der Waals surface area contributed by atoms with Crippen LogP contribution in [0.1, 0.15) is 16.1 Å². The molecule has 3 rings (SSSR count). The Morgan fingerprint density at radius 2 is 2.18 bits per heavy atom. The Balaban J connectivity index is 1.60. The number of thiophene rings is 1. The van der Waals surface area contributed by atoms with Gasteiger partial charge in [-0.05, 0) is 18.6 Å². The predicted molar refractivity (Wildman–Crippen MR) is 86.8 cm³/mol. The van der Waals surface area contributed by atoms with Gasteiger partial charge in [-0.3, -0.25) is 9.69 Å². The number of amides is 1. The van der Waals surface area contributed by atoms with Gasteiger partial charge in [-0.2, -0.15) is 0 Å². The molecule has 1 amide bonds. The number of ether oxygens (including phenoxy) is 2. The van der Waals surface area contributed by atoms with Crippen LogP contribution in [-0.4, -0.2) is 62.9 Å². The molecule has 3 heterocycles. The van der Waals surface area contributed by atoms with Gasteiger partial charge in [-0.25, -0.2) is 0 Å². The molecule has 0 aromatic carbocycles. The van der Waals surface area contributed by atoms with Crippen LogP contribution in [0.3, 0.4) is 0 Å². The van der Waals surface area contributed by atoms with Gasteiger partial charge in [0.25, 0.3) is 5.91 Å². The zero-order valence-corrected chi connectivity index (χ0v) is 14.0. The first kappa shape index (κ1) is 16.2. The minimum atomic E-state index is -0.0472. The zero-order valence-electron chi connectivity index (χ0n) is 12.4. The van der Waals surface area contributed by atoms with Gasteiger partial charge in [-0.15, -0.1) is 11.3 Å². The largest absolute Gasteiger partial charge is 0.381 e. The van der Waals surface area contributed by atoms with Crippen molar-refractivity contribution in [2.75, 3.05) is 46.1 Å². The summed E-state index contributed by atoms with van der Waals surface area (Å²) >= 11 is 7.20. The number of carbonyl (C=O) groups excluding carboxylic acids is 1. The molecular formula is C15H21ClN2O3S. The van der Waals surface area contributed by atoms with E-state index in [-0.39, 0.29) is 5.91 Å². The van der Waals surface area contributed by atoms with Crippen molar-refractivity contribution in [1.82, 2.24) is 10.2 Å². The van der Waals surface area contributed by atoms with Crippen molar-refractivity contribution < 1.29 is 14.3 Å². The van der Waals surface area contributed by atoms with Crippen LogP contribution in [0.2, 0.25) is 4.34 Å². The molecule has 0 aliphatic carbocycles. The van der Waals surface area contributed by atoms with Crippen molar-refractivity contribution in [2.24, 2.45) is 5.92 Å². The van der Waals surface area contributed by atoms with Crippen LogP contribution < -0.4 is 5.32 Å². The summed E-state index contributed by atoms with van der Waals surface area (Å²) in [5.74, 6) is 0.430. The molecule has 5 nitrogen and oxygen atoms in total. The lowest BCUT2D eigenvalue weighted by Gasteiger charge is -2.37. The normalized spacial score (nSPS) is 24.3. The van der Waals surface area contributed by atoms with Crippen LogP contribution in [-0.2, 0) is 9.47 Å². The highest BCUT2D eigenvalue weighted by atomic mass is 35.5. The molecular weight excluding hydrogens is 324 g/mol. The number of hydrogen-bond donors (Lipinski definition) is 1. The van der Waals surface area contributed by atoms with Gasteiger partial charge in [0.1, 0.15) is 0 Å². The highest BCUT2D eigenvalue weighted by Crippen LogP contribution is 2.23. The van der Waals surface area contributed by atoms with E-state index < -0.39 is 0 Å². The van der Waals surface area contributed by atoms with E-state index in [0.717, 1.165) is 45.9 Å². The molecule has 0 bridgehead atoms. The summed E-state index contributed by atoms with van der Waals surface area (Å²) in [6.45, 7) is 5.60. The van der Waals surface area contributed by atoms with Crippen molar-refractivity contribution in [3.05, 3.63) is 21.3 Å². The third kappa shape index (κ3) is 4.00. The van der Waals surface area contributed by atoms with Gasteiger partial charge < -0.3 is 14.8 Å². The van der Waals surface area contributed by atoms with Crippen LogP contribution >= 0.6 is 22.9 Å². The summed E-state index contributed by atoms with van der Waals surface area (Å²) in [5, 5.41) is 3.06. The Morgan fingerprint density at radius 1 is 1.36 bits per heavy atom. The minimum absolute atomic E-state index is 0.0472. The second-order valence-corrected chi connectivity index (χ2v) is 7.37. The van der Waals surface area contributed by atoms with Gasteiger partial charge in [0.2, 0.25) is 0 Å². The van der Waals surface area contributed by atoms with Gasteiger partial charge in [0, 0.05) is 38.2 Å². The molecule has 2 saturated heterocycles. The Labute approximate surface area is 139 Å². The van der Waals surface area contributed by atoms with Gasteiger partial charge >= 0.3 is 0 Å². The average Bonchev–Trinajstić information content (AvgIpc) is 3.20. The third-order valence-electron chi connectivity index (χ3n) is 4.29. The van der Waals surface area contributed by atoms with E-state index in [1.807, 2.05) is 0 Å². The first-order chi connectivity index (χ1) is 10.7. The molecule has 2 aliphatic rings. The van der Waals surface area contributed by atoms with Crippen LogP contribution in [0.5, 0.6) is 0 Å². The van der Waals surface area contributed by atoms with E-state index in [1.54, 1.807) is 12.1 Å². The van der Waals surface area contributed by atoms with Crippen molar-refractivity contribution in [3.63, 3.8) is 0 Å². The van der Waals surface area contributed by atoms with Crippen LogP contribution in [0.4, 0.5) is 0 Å². The Morgan fingerprint density at radius 3 is 2.82 bits per heavy atom. The number of halogens is 1. The lowest BCUT2D eigenvalue weighted by molar-refractivity contribution is 0.00167. The number of morpholine rings is 1. The molecule has 2 fully saturated rings. The zero-order chi connectivity index (χ0) is 15.4. The molecule has 0 radical (unpaired) electrons. The molecule has 1 N–H and O–H groups in total. The fraction of sp³-hybridized carbons (Fsp3) is 0.667. The molecule has 7 heteroatoms. The van der Waals surface area contributed by atoms with E-state index in [4.69, 9.17) is 21.1 Å². The monoisotopic (exact) mass is 344 g/mol. The number of hydrogen-bond acceptors (Lipinski definition) is 5. The second-order valence-electron chi connectivity index (χ2n) is 5.65. The summed E-state index contributed by atoms with van der Waals surface area (Å²) in [5.41, 5.74) is 0. The summed E-state index contributed by atoms with van der Waals surface area (Å²) in [7, 11) is 0. The SMILES string of the molecule is O=C(NC[C@@H]([C@H]1CCOC1)N1CCOCC1)c1ccc(Cl)s1. The summed E-state index contributed by atoms with van der Waals surface area (Å²) < 4.78 is 11.6. The smallest absolute Gasteiger partial charge is 0.261 e. The summed E-state index contributed by atoms with van der Waals surface area (Å²) in [6.07, 6.45) is 1.06. The lowest BCUT2D eigenvalue weighted by atomic mass is 9.97. The molecule has 0 unspecified atom stereocenters. The van der Waals surface area contributed by atoms with Crippen molar-refractivity contribution in [3.8, 4) is 0 Å². The fourth-order valence-corrected chi connectivity index (χ4v) is 4.04. The first-order valence-corrected chi connectivity index (χ1v) is 8.86. The molecule has 1 aromatic rings. The van der Waals surface area contributed by atoms with Crippen molar-refractivity contribution in [2.45, 2.75) is 12.5 Å².